The lowest BCUT2D eigenvalue weighted by molar-refractivity contribution is -0.137. The predicted molar refractivity (Wildman–Crippen MR) is 116 cm³/mol. The molecule has 0 spiro atoms. The van der Waals surface area contributed by atoms with Crippen LogP contribution in [-0.2, 0) is 26.8 Å². The van der Waals surface area contributed by atoms with Crippen molar-refractivity contribution in [3.8, 4) is 11.8 Å². The summed E-state index contributed by atoms with van der Waals surface area (Å²) in [5.74, 6) is 5.61. The molecule has 1 aromatic carbocycles. The van der Waals surface area contributed by atoms with E-state index in [1.165, 1.54) is 6.07 Å². The fraction of sp³-hybridized carbons (Fsp3) is 0.680. The van der Waals surface area contributed by atoms with Gasteiger partial charge in [-0.25, -0.2) is 0 Å². The lowest BCUT2D eigenvalue weighted by Gasteiger charge is -2.36. The summed E-state index contributed by atoms with van der Waals surface area (Å²) in [4.78, 5) is 0. The Bertz CT molecular complexity index is 728. The van der Waals surface area contributed by atoms with Crippen LogP contribution in [0.25, 0.3) is 0 Å². The number of benzene rings is 1. The number of aryl methyl sites for hydroxylation is 1. The van der Waals surface area contributed by atoms with E-state index in [1.54, 1.807) is 13.2 Å². The second-order valence-electron chi connectivity index (χ2n) is 8.47. The third kappa shape index (κ3) is 9.22. The highest BCUT2D eigenvalue weighted by atomic mass is 19.4. The van der Waals surface area contributed by atoms with Gasteiger partial charge in [0.1, 0.15) is 6.61 Å². The molecule has 1 aromatic rings. The second kappa shape index (κ2) is 12.5. The van der Waals surface area contributed by atoms with Crippen LogP contribution in [0.5, 0.6) is 0 Å². The van der Waals surface area contributed by atoms with Crippen LogP contribution in [0.4, 0.5) is 13.2 Å². The van der Waals surface area contributed by atoms with Crippen LogP contribution >= 0.6 is 0 Å². The Morgan fingerprint density at radius 2 is 1.84 bits per heavy atom. The van der Waals surface area contributed by atoms with E-state index in [-0.39, 0.29) is 24.9 Å². The van der Waals surface area contributed by atoms with Gasteiger partial charge in [0, 0.05) is 12.7 Å². The molecule has 1 unspecified atom stereocenters. The molecule has 1 aliphatic rings. The summed E-state index contributed by atoms with van der Waals surface area (Å²) >= 11 is 0. The summed E-state index contributed by atoms with van der Waals surface area (Å²) in [5.41, 5.74) is 0.376. The summed E-state index contributed by atoms with van der Waals surface area (Å²) in [7, 11) is 1.72. The van der Waals surface area contributed by atoms with Crippen molar-refractivity contribution in [1.29, 1.82) is 0 Å². The Labute approximate surface area is 184 Å². The first-order valence-electron chi connectivity index (χ1n) is 11.2. The van der Waals surface area contributed by atoms with Crippen molar-refractivity contribution < 1.29 is 27.4 Å². The Morgan fingerprint density at radius 3 is 2.45 bits per heavy atom. The molecule has 0 aliphatic heterocycles. The molecule has 0 amide bonds. The van der Waals surface area contributed by atoms with Crippen LogP contribution in [0.1, 0.15) is 76.0 Å². The first-order chi connectivity index (χ1) is 14.7. The molecule has 1 atom stereocenters. The van der Waals surface area contributed by atoms with Crippen molar-refractivity contribution in [2.45, 2.75) is 96.3 Å². The third-order valence-electron chi connectivity index (χ3n) is 5.41. The van der Waals surface area contributed by atoms with E-state index < -0.39 is 11.7 Å². The van der Waals surface area contributed by atoms with Crippen molar-refractivity contribution in [3.05, 3.63) is 34.9 Å². The Balaban J connectivity index is 1.97. The minimum absolute atomic E-state index is 0.0324. The van der Waals surface area contributed by atoms with Gasteiger partial charge < -0.3 is 14.2 Å². The van der Waals surface area contributed by atoms with E-state index in [4.69, 9.17) is 14.2 Å². The van der Waals surface area contributed by atoms with Crippen LogP contribution in [0.2, 0.25) is 0 Å². The molecule has 1 fully saturated rings. The van der Waals surface area contributed by atoms with Crippen LogP contribution in [0.15, 0.2) is 18.2 Å². The highest BCUT2D eigenvalue weighted by molar-refractivity contribution is 5.41. The molecule has 0 bridgehead atoms. The van der Waals surface area contributed by atoms with Gasteiger partial charge in [-0.2, -0.15) is 13.2 Å². The molecule has 2 rings (SSSR count). The standard InChI is InChI=1S/C25H35F3O3/c1-5-8-22(31-24-16-23(17-24)29-4)11-6-9-19-13-20(10-7-12-30-18(2)3)15-21(14-19)25(26,27)28/h13-15,18,22-24H,5-6,8-9,11-12,16-17H2,1-4H3. The van der Waals surface area contributed by atoms with Crippen LogP contribution in [-0.4, -0.2) is 38.1 Å². The minimum atomic E-state index is -4.39. The Kier molecular flexibility index (Phi) is 10.3. The van der Waals surface area contributed by atoms with Gasteiger partial charge in [0.15, 0.2) is 0 Å². The number of hydrogen-bond donors (Lipinski definition) is 0. The molecule has 6 heteroatoms. The highest BCUT2D eigenvalue weighted by Gasteiger charge is 2.32. The average Bonchev–Trinajstić information content (AvgIpc) is 2.66. The van der Waals surface area contributed by atoms with Gasteiger partial charge in [0.05, 0.1) is 30.0 Å². The lowest BCUT2D eigenvalue weighted by Crippen LogP contribution is -2.39. The summed E-state index contributed by atoms with van der Waals surface area (Å²) in [6.45, 7) is 6.10. The summed E-state index contributed by atoms with van der Waals surface area (Å²) < 4.78 is 56.9. The van der Waals surface area contributed by atoms with Gasteiger partial charge in [-0.1, -0.05) is 25.2 Å². The molecule has 1 aliphatic carbocycles. The fourth-order valence-corrected chi connectivity index (χ4v) is 3.65. The van der Waals surface area contributed by atoms with E-state index in [0.717, 1.165) is 44.6 Å². The largest absolute Gasteiger partial charge is 0.416 e. The Hall–Kier alpha value is -1.55. The predicted octanol–water partition coefficient (Wildman–Crippen LogP) is 6.17. The van der Waals surface area contributed by atoms with Crippen LogP contribution in [0.3, 0.4) is 0 Å². The van der Waals surface area contributed by atoms with Crippen molar-refractivity contribution in [3.63, 3.8) is 0 Å². The molecule has 0 radical (unpaired) electrons. The zero-order valence-corrected chi connectivity index (χ0v) is 19.1. The van der Waals surface area contributed by atoms with Crippen molar-refractivity contribution >= 4 is 0 Å². The molecule has 0 aromatic heterocycles. The number of hydrogen-bond acceptors (Lipinski definition) is 3. The molecular formula is C25H35F3O3. The minimum Gasteiger partial charge on any atom is -0.381 e. The van der Waals surface area contributed by atoms with Crippen LogP contribution < -0.4 is 0 Å². The van der Waals surface area contributed by atoms with Crippen molar-refractivity contribution in [2.75, 3.05) is 13.7 Å². The molecule has 1 saturated carbocycles. The first-order valence-corrected chi connectivity index (χ1v) is 11.2. The molecule has 0 heterocycles. The smallest absolute Gasteiger partial charge is 0.381 e. The van der Waals surface area contributed by atoms with E-state index in [9.17, 15) is 13.2 Å². The topological polar surface area (TPSA) is 27.7 Å². The maximum atomic E-state index is 13.3. The van der Waals surface area contributed by atoms with Crippen molar-refractivity contribution in [2.24, 2.45) is 0 Å². The fourth-order valence-electron chi connectivity index (χ4n) is 3.65. The molecule has 3 nitrogen and oxygen atoms in total. The quantitative estimate of drug-likeness (QED) is 0.385. The van der Waals surface area contributed by atoms with Gasteiger partial charge in [0.2, 0.25) is 0 Å². The van der Waals surface area contributed by atoms with E-state index >= 15 is 0 Å². The second-order valence-corrected chi connectivity index (χ2v) is 8.47. The van der Waals surface area contributed by atoms with Gasteiger partial charge in [-0.15, -0.1) is 0 Å². The van der Waals surface area contributed by atoms with Gasteiger partial charge >= 0.3 is 6.18 Å². The highest BCUT2D eigenvalue weighted by Crippen LogP contribution is 2.32. The Morgan fingerprint density at radius 1 is 1.10 bits per heavy atom. The van der Waals surface area contributed by atoms with Gasteiger partial charge in [-0.3, -0.25) is 0 Å². The molecule has 174 valence electrons. The van der Waals surface area contributed by atoms with E-state index in [0.29, 0.717) is 23.7 Å². The molecule has 31 heavy (non-hydrogen) atoms. The molecule has 0 N–H and O–H groups in total. The van der Waals surface area contributed by atoms with Crippen LogP contribution in [0, 0.1) is 11.8 Å². The SMILES string of the molecule is CCCC(CCCc1cc(C#CCOC(C)C)cc(C(F)(F)F)c1)OC1CC(OC)C1. The van der Waals surface area contributed by atoms with Gasteiger partial charge in [-0.05, 0) is 76.1 Å². The number of methoxy groups -OCH3 is 1. The normalized spacial score (nSPS) is 19.6. The number of alkyl halides is 3. The lowest BCUT2D eigenvalue weighted by atomic mass is 9.91. The monoisotopic (exact) mass is 440 g/mol. The summed E-state index contributed by atoms with van der Waals surface area (Å²) in [5, 5.41) is 0. The third-order valence-corrected chi connectivity index (χ3v) is 5.41. The van der Waals surface area contributed by atoms with E-state index in [2.05, 4.69) is 18.8 Å². The first kappa shape index (κ1) is 25.7. The zero-order valence-electron chi connectivity index (χ0n) is 19.1. The maximum Gasteiger partial charge on any atom is 0.416 e. The van der Waals surface area contributed by atoms with Gasteiger partial charge in [0.25, 0.3) is 0 Å². The zero-order chi connectivity index (χ0) is 22.9. The summed E-state index contributed by atoms with van der Waals surface area (Å²) in [6, 6.07) is 4.10. The molecular weight excluding hydrogens is 405 g/mol. The number of rotatable bonds is 11. The number of ether oxygens (including phenoxy) is 3. The average molecular weight is 441 g/mol. The molecule has 0 saturated heterocycles. The summed E-state index contributed by atoms with van der Waals surface area (Å²) in [6.07, 6.45) is 2.32. The maximum absolute atomic E-state index is 13.3. The van der Waals surface area contributed by atoms with E-state index in [1.807, 2.05) is 13.8 Å². The number of halogens is 3. The van der Waals surface area contributed by atoms with Crippen molar-refractivity contribution in [1.82, 2.24) is 0 Å².